The number of carboxylic acid groups (broad SMARTS) is 1. The van der Waals surface area contributed by atoms with Crippen molar-refractivity contribution in [2.45, 2.75) is 6.42 Å². The number of hydrogen-bond donors (Lipinski definition) is 0. The Balaban J connectivity index is 0.000001000. The monoisotopic (exact) mass is 258 g/mol. The standard InChI is InChI=1S/C6H5BrO2S.K/c7-5-2-1-4(10-5)3-6(8)9;/h1-2H,3H2,(H,8,9);/q;+1/p-1. The van der Waals surface area contributed by atoms with Crippen LogP contribution in [-0.4, -0.2) is 5.97 Å². The molecule has 11 heavy (non-hydrogen) atoms. The van der Waals surface area contributed by atoms with Crippen molar-refractivity contribution in [3.63, 3.8) is 0 Å². The Kier molecular flexibility index (Phi) is 6.54. The third kappa shape index (κ3) is 4.77. The second-order valence-corrected chi connectivity index (χ2v) is 4.30. The molecule has 0 N–H and O–H groups in total. The SMILES string of the molecule is O=C([O-])Cc1ccc(Br)s1.[K+]. The van der Waals surface area contributed by atoms with Crippen molar-refractivity contribution in [3.8, 4) is 0 Å². The van der Waals surface area contributed by atoms with Crippen LogP contribution < -0.4 is 56.5 Å². The van der Waals surface area contributed by atoms with Gasteiger partial charge in [0.2, 0.25) is 0 Å². The van der Waals surface area contributed by atoms with Crippen molar-refractivity contribution in [3.05, 3.63) is 20.8 Å². The summed E-state index contributed by atoms with van der Waals surface area (Å²) in [6, 6.07) is 3.59. The zero-order chi connectivity index (χ0) is 7.56. The van der Waals surface area contributed by atoms with Crippen LogP contribution in [0.2, 0.25) is 0 Å². The minimum absolute atomic E-state index is 0. The molecule has 0 spiro atoms. The van der Waals surface area contributed by atoms with E-state index < -0.39 is 5.97 Å². The molecule has 0 saturated carbocycles. The van der Waals surface area contributed by atoms with Crippen LogP contribution in [0.4, 0.5) is 0 Å². The summed E-state index contributed by atoms with van der Waals surface area (Å²) in [5.41, 5.74) is 0. The largest absolute Gasteiger partial charge is 1.00 e. The third-order valence-electron chi connectivity index (χ3n) is 0.947. The molecule has 0 amide bonds. The molecule has 0 aliphatic carbocycles. The van der Waals surface area contributed by atoms with E-state index in [1.165, 1.54) is 11.3 Å². The van der Waals surface area contributed by atoms with E-state index in [-0.39, 0.29) is 57.8 Å². The maximum absolute atomic E-state index is 10.1. The summed E-state index contributed by atoms with van der Waals surface area (Å²) in [5.74, 6) is -1.03. The number of carbonyl (C=O) groups excluding carboxylic acids is 1. The average Bonchev–Trinajstić information content (AvgIpc) is 2.13. The fourth-order valence-electron chi connectivity index (χ4n) is 0.589. The van der Waals surface area contributed by atoms with Crippen molar-refractivity contribution in [2.75, 3.05) is 0 Å². The van der Waals surface area contributed by atoms with Gasteiger partial charge in [0.25, 0.3) is 0 Å². The van der Waals surface area contributed by atoms with Crippen molar-refractivity contribution >= 4 is 33.2 Å². The number of carboxylic acids is 1. The van der Waals surface area contributed by atoms with Crippen LogP contribution in [0.25, 0.3) is 0 Å². The Bertz CT molecular complexity index is 248. The molecule has 1 rings (SSSR count). The van der Waals surface area contributed by atoms with Gasteiger partial charge >= 0.3 is 51.4 Å². The van der Waals surface area contributed by atoms with Gasteiger partial charge < -0.3 is 9.90 Å². The van der Waals surface area contributed by atoms with Crippen LogP contribution in [0.15, 0.2) is 15.9 Å². The smallest absolute Gasteiger partial charge is 0.550 e. The van der Waals surface area contributed by atoms with Gasteiger partial charge in [-0.25, -0.2) is 0 Å². The van der Waals surface area contributed by atoms with E-state index in [0.717, 1.165) is 8.66 Å². The number of thiophene rings is 1. The molecule has 0 radical (unpaired) electrons. The van der Waals surface area contributed by atoms with Gasteiger partial charge in [0.1, 0.15) is 0 Å². The van der Waals surface area contributed by atoms with Crippen molar-refractivity contribution in [1.82, 2.24) is 0 Å². The first-order valence-corrected chi connectivity index (χ1v) is 4.23. The molecule has 1 aromatic rings. The first kappa shape index (κ1) is 12.3. The van der Waals surface area contributed by atoms with Gasteiger partial charge in [-0.15, -0.1) is 11.3 Å². The summed E-state index contributed by atoms with van der Waals surface area (Å²) in [7, 11) is 0. The molecule has 0 fully saturated rings. The molecule has 0 unspecified atom stereocenters. The summed E-state index contributed by atoms with van der Waals surface area (Å²) >= 11 is 4.64. The van der Waals surface area contributed by atoms with E-state index in [4.69, 9.17) is 0 Å². The van der Waals surface area contributed by atoms with Crippen molar-refractivity contribution in [2.24, 2.45) is 0 Å². The maximum Gasteiger partial charge on any atom is 1.00 e. The fourth-order valence-corrected chi connectivity index (χ4v) is 2.06. The number of carbonyl (C=O) groups is 1. The van der Waals surface area contributed by atoms with Crippen molar-refractivity contribution in [1.29, 1.82) is 0 Å². The van der Waals surface area contributed by atoms with E-state index in [1.807, 2.05) is 6.07 Å². The molecule has 54 valence electrons. The minimum atomic E-state index is -1.03. The Hall–Kier alpha value is 1.29. The van der Waals surface area contributed by atoms with Crippen LogP contribution in [0.3, 0.4) is 0 Å². The number of halogens is 1. The van der Waals surface area contributed by atoms with E-state index in [9.17, 15) is 9.90 Å². The average molecular weight is 259 g/mol. The summed E-state index contributed by atoms with van der Waals surface area (Å²) in [6.45, 7) is 0. The van der Waals surface area contributed by atoms with E-state index in [0.29, 0.717) is 0 Å². The molecule has 2 nitrogen and oxygen atoms in total. The van der Waals surface area contributed by atoms with Crippen LogP contribution in [-0.2, 0) is 11.2 Å². The van der Waals surface area contributed by atoms with Gasteiger partial charge in [-0.2, -0.15) is 0 Å². The fraction of sp³-hybridized carbons (Fsp3) is 0.167. The Morgan fingerprint density at radius 2 is 2.27 bits per heavy atom. The van der Waals surface area contributed by atoms with Gasteiger partial charge in [-0.1, -0.05) is 0 Å². The topological polar surface area (TPSA) is 40.1 Å². The van der Waals surface area contributed by atoms with Crippen molar-refractivity contribution < 1.29 is 61.3 Å². The van der Waals surface area contributed by atoms with Crippen LogP contribution in [0, 0.1) is 0 Å². The van der Waals surface area contributed by atoms with E-state index >= 15 is 0 Å². The molecule has 1 aromatic heterocycles. The first-order valence-electron chi connectivity index (χ1n) is 2.62. The van der Waals surface area contributed by atoms with Gasteiger partial charge in [0.05, 0.1) is 3.79 Å². The van der Waals surface area contributed by atoms with Crippen LogP contribution in [0.1, 0.15) is 4.88 Å². The summed E-state index contributed by atoms with van der Waals surface area (Å²) < 4.78 is 0.948. The van der Waals surface area contributed by atoms with Crippen LogP contribution in [0.5, 0.6) is 0 Å². The predicted molar refractivity (Wildman–Crippen MR) is 40.7 cm³/mol. The van der Waals surface area contributed by atoms with Gasteiger partial charge in [-0.3, -0.25) is 0 Å². The normalized spacial score (nSPS) is 8.82. The number of rotatable bonds is 2. The van der Waals surface area contributed by atoms with E-state index in [1.54, 1.807) is 6.07 Å². The molecule has 0 aromatic carbocycles. The van der Waals surface area contributed by atoms with Gasteiger partial charge in [0, 0.05) is 17.3 Å². The zero-order valence-corrected chi connectivity index (χ0v) is 11.5. The molecule has 0 atom stereocenters. The van der Waals surface area contributed by atoms with Crippen LogP contribution >= 0.6 is 27.3 Å². The first-order chi connectivity index (χ1) is 4.68. The summed E-state index contributed by atoms with van der Waals surface area (Å²) in [4.78, 5) is 10.9. The molecular weight excluding hydrogens is 255 g/mol. The zero-order valence-electron chi connectivity index (χ0n) is 5.96. The molecule has 0 aliphatic heterocycles. The Morgan fingerprint density at radius 3 is 2.64 bits per heavy atom. The number of aliphatic carboxylic acids is 1. The molecule has 0 aliphatic rings. The second kappa shape index (κ2) is 5.85. The molecule has 0 saturated heterocycles. The molecule has 1 heterocycles. The minimum Gasteiger partial charge on any atom is -0.550 e. The maximum atomic E-state index is 10.1. The van der Waals surface area contributed by atoms with E-state index in [2.05, 4.69) is 15.9 Å². The van der Waals surface area contributed by atoms with Gasteiger partial charge in [-0.05, 0) is 28.1 Å². The molecule has 5 heteroatoms. The Labute approximate surface area is 120 Å². The Morgan fingerprint density at radius 1 is 1.64 bits per heavy atom. The third-order valence-corrected chi connectivity index (χ3v) is 2.57. The summed E-state index contributed by atoms with van der Waals surface area (Å²) in [5, 5.41) is 10.1. The van der Waals surface area contributed by atoms with Gasteiger partial charge in [0.15, 0.2) is 0 Å². The quantitative estimate of drug-likeness (QED) is 0.566. The second-order valence-electron chi connectivity index (χ2n) is 1.75. The predicted octanol–water partition coefficient (Wildman–Crippen LogP) is -2.19. The summed E-state index contributed by atoms with van der Waals surface area (Å²) in [6.07, 6.45) is 0.0102. The molecular formula is C6H4BrKO2S. The molecule has 0 bridgehead atoms. The number of hydrogen-bond acceptors (Lipinski definition) is 3.